The van der Waals surface area contributed by atoms with E-state index in [0.717, 1.165) is 16.8 Å². The van der Waals surface area contributed by atoms with Gasteiger partial charge in [0.25, 0.3) is 0 Å². The molecule has 0 spiro atoms. The molecule has 2 heterocycles. The van der Waals surface area contributed by atoms with E-state index in [-0.39, 0.29) is 5.56 Å². The predicted octanol–water partition coefficient (Wildman–Crippen LogP) is 6.14. The van der Waals surface area contributed by atoms with Gasteiger partial charge in [-0.15, -0.1) is 0 Å². The molecule has 0 radical (unpaired) electrons. The molecule has 0 N–H and O–H groups in total. The van der Waals surface area contributed by atoms with Crippen LogP contribution in [0.2, 0.25) is 0 Å². The molecular weight excluding hydrogens is 409 g/mol. The van der Waals surface area contributed by atoms with Crippen molar-refractivity contribution >= 4 is 16.3 Å². The fourth-order valence-corrected chi connectivity index (χ4v) is 4.16. The van der Waals surface area contributed by atoms with E-state index in [4.69, 9.17) is 18.9 Å². The molecule has 1 unspecified atom stereocenters. The molecule has 0 saturated heterocycles. The lowest BCUT2D eigenvalue weighted by Crippen LogP contribution is -2.19. The SMILES string of the molecule is CCOC1C(c2ccccc2C(F)(F)F)=COc2ccc3ccc4c(c3c21)OCCO4. The Kier molecular flexibility index (Phi) is 4.78. The standard InChI is InChI=1S/C24H19F3O4/c1-2-28-22-16(15-5-3-4-6-17(15)24(25,26)27)13-31-18-9-7-14-8-10-19-23(20(14)21(18)22)30-12-11-29-19/h3-10,13,22H,2,11-12H2,1H3. The van der Waals surface area contributed by atoms with Crippen molar-refractivity contribution in [1.29, 1.82) is 0 Å². The summed E-state index contributed by atoms with van der Waals surface area (Å²) in [7, 11) is 0. The molecule has 2 aliphatic heterocycles. The highest BCUT2D eigenvalue weighted by molar-refractivity contribution is 5.98. The molecule has 7 heteroatoms. The van der Waals surface area contributed by atoms with E-state index in [1.807, 2.05) is 25.1 Å². The molecular formula is C24H19F3O4. The Morgan fingerprint density at radius 3 is 2.48 bits per heavy atom. The third-order valence-electron chi connectivity index (χ3n) is 5.42. The van der Waals surface area contributed by atoms with E-state index in [1.165, 1.54) is 18.4 Å². The highest BCUT2D eigenvalue weighted by atomic mass is 19.4. The molecule has 0 fully saturated rings. The van der Waals surface area contributed by atoms with Crippen LogP contribution in [0.1, 0.15) is 29.7 Å². The zero-order valence-electron chi connectivity index (χ0n) is 16.7. The normalized spacial score (nSPS) is 17.7. The van der Waals surface area contributed by atoms with E-state index in [1.54, 1.807) is 12.1 Å². The van der Waals surface area contributed by atoms with Crippen molar-refractivity contribution in [3.8, 4) is 17.2 Å². The van der Waals surface area contributed by atoms with Gasteiger partial charge in [0, 0.05) is 23.1 Å². The number of alkyl halides is 3. The van der Waals surface area contributed by atoms with E-state index in [0.29, 0.717) is 48.2 Å². The fourth-order valence-electron chi connectivity index (χ4n) is 4.16. The molecule has 0 bridgehead atoms. The number of hydrogen-bond donors (Lipinski definition) is 0. The minimum absolute atomic E-state index is 0.0260. The minimum atomic E-state index is -4.51. The molecule has 4 nitrogen and oxygen atoms in total. The Morgan fingerprint density at radius 2 is 1.71 bits per heavy atom. The Balaban J connectivity index is 1.75. The van der Waals surface area contributed by atoms with E-state index >= 15 is 0 Å². The third-order valence-corrected chi connectivity index (χ3v) is 5.42. The predicted molar refractivity (Wildman–Crippen MR) is 109 cm³/mol. The van der Waals surface area contributed by atoms with Crippen LogP contribution >= 0.6 is 0 Å². The maximum atomic E-state index is 13.7. The second kappa shape index (κ2) is 7.50. The molecule has 0 aliphatic carbocycles. The lowest BCUT2D eigenvalue weighted by atomic mass is 9.87. The van der Waals surface area contributed by atoms with Gasteiger partial charge in [-0.25, -0.2) is 0 Å². The van der Waals surface area contributed by atoms with Gasteiger partial charge in [-0.05, 0) is 36.1 Å². The molecule has 2 aliphatic rings. The van der Waals surface area contributed by atoms with Gasteiger partial charge in [0.1, 0.15) is 25.1 Å². The van der Waals surface area contributed by atoms with E-state index in [9.17, 15) is 13.2 Å². The van der Waals surface area contributed by atoms with Crippen LogP contribution < -0.4 is 14.2 Å². The summed E-state index contributed by atoms with van der Waals surface area (Å²) in [6.07, 6.45) is -3.92. The number of hydrogen-bond acceptors (Lipinski definition) is 4. The van der Waals surface area contributed by atoms with E-state index in [2.05, 4.69) is 0 Å². The van der Waals surface area contributed by atoms with Crippen LogP contribution in [-0.2, 0) is 10.9 Å². The average molecular weight is 428 g/mol. The molecule has 0 saturated carbocycles. The van der Waals surface area contributed by atoms with Crippen LogP contribution in [0.5, 0.6) is 17.2 Å². The molecule has 160 valence electrons. The molecule has 3 aromatic carbocycles. The summed E-state index contributed by atoms with van der Waals surface area (Å²) in [6.45, 7) is 2.93. The van der Waals surface area contributed by atoms with Gasteiger partial charge in [-0.2, -0.15) is 13.2 Å². The number of fused-ring (bicyclic) bond motifs is 5. The Morgan fingerprint density at radius 1 is 0.968 bits per heavy atom. The van der Waals surface area contributed by atoms with Crippen LogP contribution in [0.3, 0.4) is 0 Å². The lowest BCUT2D eigenvalue weighted by molar-refractivity contribution is -0.137. The van der Waals surface area contributed by atoms with Crippen molar-refractivity contribution in [2.24, 2.45) is 0 Å². The van der Waals surface area contributed by atoms with Crippen LogP contribution in [0.4, 0.5) is 13.2 Å². The van der Waals surface area contributed by atoms with Crippen molar-refractivity contribution in [2.75, 3.05) is 19.8 Å². The smallest absolute Gasteiger partial charge is 0.416 e. The number of ether oxygens (including phenoxy) is 4. The topological polar surface area (TPSA) is 36.9 Å². The summed E-state index contributed by atoms with van der Waals surface area (Å²) >= 11 is 0. The summed E-state index contributed by atoms with van der Waals surface area (Å²) in [6, 6.07) is 12.9. The molecule has 5 rings (SSSR count). The maximum Gasteiger partial charge on any atom is 0.416 e. The number of halogens is 3. The second-order valence-electron chi connectivity index (χ2n) is 7.24. The van der Waals surface area contributed by atoms with Gasteiger partial charge < -0.3 is 18.9 Å². The monoisotopic (exact) mass is 428 g/mol. The average Bonchev–Trinajstić information content (AvgIpc) is 2.78. The zero-order chi connectivity index (χ0) is 21.6. The first-order chi connectivity index (χ1) is 15.0. The first kappa shape index (κ1) is 19.8. The van der Waals surface area contributed by atoms with Crippen LogP contribution in [0.25, 0.3) is 16.3 Å². The van der Waals surface area contributed by atoms with Crippen LogP contribution in [0.15, 0.2) is 54.8 Å². The van der Waals surface area contributed by atoms with E-state index < -0.39 is 17.8 Å². The molecule has 1 atom stereocenters. The molecule has 0 amide bonds. The molecule has 31 heavy (non-hydrogen) atoms. The molecule has 0 aromatic heterocycles. The summed E-state index contributed by atoms with van der Waals surface area (Å²) in [5.74, 6) is 1.66. The van der Waals surface area contributed by atoms with Crippen LogP contribution in [-0.4, -0.2) is 19.8 Å². The van der Waals surface area contributed by atoms with Gasteiger partial charge in [0.15, 0.2) is 11.5 Å². The van der Waals surface area contributed by atoms with Gasteiger partial charge >= 0.3 is 6.18 Å². The number of rotatable bonds is 3. The summed E-state index contributed by atoms with van der Waals surface area (Å²) in [5, 5.41) is 1.59. The minimum Gasteiger partial charge on any atom is -0.486 e. The van der Waals surface area contributed by atoms with Gasteiger partial charge in [0.2, 0.25) is 0 Å². The lowest BCUT2D eigenvalue weighted by Gasteiger charge is -2.30. The van der Waals surface area contributed by atoms with Crippen molar-refractivity contribution in [3.05, 3.63) is 71.5 Å². The summed E-state index contributed by atoms with van der Waals surface area (Å²) < 4.78 is 64.7. The van der Waals surface area contributed by atoms with Gasteiger partial charge in [-0.1, -0.05) is 30.3 Å². The van der Waals surface area contributed by atoms with Crippen LogP contribution in [0, 0.1) is 0 Å². The zero-order valence-corrected chi connectivity index (χ0v) is 16.7. The van der Waals surface area contributed by atoms with Crippen molar-refractivity contribution in [3.63, 3.8) is 0 Å². The first-order valence-corrected chi connectivity index (χ1v) is 9.99. The Hall–Kier alpha value is -3.19. The summed E-state index contributed by atoms with van der Waals surface area (Å²) in [5.41, 5.74) is 0.234. The van der Waals surface area contributed by atoms with Crippen molar-refractivity contribution in [1.82, 2.24) is 0 Å². The Bertz CT molecular complexity index is 1180. The van der Waals surface area contributed by atoms with Crippen molar-refractivity contribution < 1.29 is 32.1 Å². The highest BCUT2D eigenvalue weighted by Crippen LogP contribution is 2.51. The number of benzene rings is 3. The first-order valence-electron chi connectivity index (χ1n) is 9.99. The quantitative estimate of drug-likeness (QED) is 0.502. The highest BCUT2D eigenvalue weighted by Gasteiger charge is 2.38. The van der Waals surface area contributed by atoms with Gasteiger partial charge in [0.05, 0.1) is 11.8 Å². The van der Waals surface area contributed by atoms with Gasteiger partial charge in [-0.3, -0.25) is 0 Å². The molecule has 3 aromatic rings. The van der Waals surface area contributed by atoms with Crippen molar-refractivity contribution in [2.45, 2.75) is 19.2 Å². The second-order valence-corrected chi connectivity index (χ2v) is 7.24. The summed E-state index contributed by atoms with van der Waals surface area (Å²) in [4.78, 5) is 0. The maximum absolute atomic E-state index is 13.7. The Labute approximate surface area is 176 Å². The largest absolute Gasteiger partial charge is 0.486 e. The fraction of sp³-hybridized carbons (Fsp3) is 0.250. The third kappa shape index (κ3) is 3.29.